The number of methoxy groups -OCH3 is 3. The van der Waals surface area contributed by atoms with E-state index in [0.717, 1.165) is 10.1 Å². The first kappa shape index (κ1) is 31.3. The van der Waals surface area contributed by atoms with E-state index < -0.39 is 11.2 Å². The number of rotatable bonds is 10. The molecule has 1 amide bonds. The van der Waals surface area contributed by atoms with Crippen LogP contribution in [0.15, 0.2) is 57.7 Å². The molecule has 0 aliphatic heterocycles. The Labute approximate surface area is 274 Å². The number of hydrogen-bond donors (Lipinski definition) is 3. The SMILES string of the molecule is COc1cc(Nc2nc(N)c(-c3nc(-c4cccc(NC(=O)Cn5cnc6c5c(=O)n(C)c(=O)n6C)c4)cs3)s2)cc(OC)c1OC. The van der Waals surface area contributed by atoms with Crippen molar-refractivity contribution in [2.24, 2.45) is 14.1 Å². The number of carbonyl (C=O) groups is 1. The van der Waals surface area contributed by atoms with Gasteiger partial charge in [0, 0.05) is 48.5 Å². The molecule has 6 aromatic rings. The van der Waals surface area contributed by atoms with Crippen LogP contribution < -0.4 is 41.8 Å². The molecule has 242 valence electrons. The van der Waals surface area contributed by atoms with Gasteiger partial charge in [0.25, 0.3) is 5.56 Å². The van der Waals surface area contributed by atoms with E-state index in [9.17, 15) is 14.4 Å². The summed E-state index contributed by atoms with van der Waals surface area (Å²) < 4.78 is 20.0. The minimum atomic E-state index is -0.527. The molecular weight excluding hydrogens is 647 g/mol. The lowest BCUT2D eigenvalue weighted by molar-refractivity contribution is -0.116. The Morgan fingerprint density at radius 3 is 2.43 bits per heavy atom. The van der Waals surface area contributed by atoms with Gasteiger partial charge in [0.15, 0.2) is 27.8 Å². The van der Waals surface area contributed by atoms with Crippen LogP contribution in [-0.2, 0) is 25.4 Å². The Hall–Kier alpha value is -5.68. The fourth-order valence-electron chi connectivity index (χ4n) is 4.95. The second kappa shape index (κ2) is 12.6. The summed E-state index contributed by atoms with van der Waals surface area (Å²) in [6, 6.07) is 10.8. The molecular formula is C30H29N9O6S2. The van der Waals surface area contributed by atoms with Crippen molar-refractivity contribution in [3.8, 4) is 38.4 Å². The Bertz CT molecular complexity index is 2240. The minimum Gasteiger partial charge on any atom is -0.493 e. The van der Waals surface area contributed by atoms with E-state index in [-0.39, 0.29) is 23.6 Å². The summed E-state index contributed by atoms with van der Waals surface area (Å²) >= 11 is 2.77. The molecule has 0 saturated heterocycles. The van der Waals surface area contributed by atoms with Crippen molar-refractivity contribution in [2.75, 3.05) is 37.7 Å². The summed E-state index contributed by atoms with van der Waals surface area (Å²) in [6.07, 6.45) is 1.37. The Kier molecular flexibility index (Phi) is 8.40. The molecule has 0 radical (unpaired) electrons. The number of thiazole rings is 2. The van der Waals surface area contributed by atoms with Gasteiger partial charge in [0.1, 0.15) is 22.2 Å². The summed E-state index contributed by atoms with van der Waals surface area (Å²) in [7, 11) is 7.53. The Balaban J connectivity index is 1.18. The summed E-state index contributed by atoms with van der Waals surface area (Å²) in [5.41, 5.74) is 8.34. The van der Waals surface area contributed by atoms with Crippen molar-refractivity contribution >= 4 is 62.1 Å². The number of nitrogen functional groups attached to an aromatic ring is 1. The lowest BCUT2D eigenvalue weighted by Crippen LogP contribution is -2.37. The van der Waals surface area contributed by atoms with Crippen molar-refractivity contribution < 1.29 is 19.0 Å². The van der Waals surface area contributed by atoms with Gasteiger partial charge in [-0.25, -0.2) is 19.7 Å². The number of ether oxygens (including phenoxy) is 3. The molecule has 4 heterocycles. The third-order valence-electron chi connectivity index (χ3n) is 7.24. The third kappa shape index (κ3) is 5.88. The number of nitrogens with two attached hydrogens (primary N) is 1. The first-order valence-corrected chi connectivity index (χ1v) is 15.6. The van der Waals surface area contributed by atoms with Gasteiger partial charge in [0.2, 0.25) is 11.7 Å². The average molecular weight is 676 g/mol. The average Bonchev–Trinajstić information content (AvgIpc) is 3.81. The van der Waals surface area contributed by atoms with E-state index in [2.05, 4.69) is 20.6 Å². The summed E-state index contributed by atoms with van der Waals surface area (Å²) in [5.74, 6) is 1.42. The largest absolute Gasteiger partial charge is 0.493 e. The maximum absolute atomic E-state index is 13.0. The van der Waals surface area contributed by atoms with Crippen LogP contribution in [0.3, 0.4) is 0 Å². The molecule has 6 rings (SSSR count). The van der Waals surface area contributed by atoms with Gasteiger partial charge < -0.3 is 35.1 Å². The van der Waals surface area contributed by atoms with E-state index >= 15 is 0 Å². The first-order valence-electron chi connectivity index (χ1n) is 13.9. The topological polar surface area (TPSA) is 182 Å². The van der Waals surface area contributed by atoms with Crippen LogP contribution in [0.5, 0.6) is 17.2 Å². The van der Waals surface area contributed by atoms with Crippen LogP contribution in [0.25, 0.3) is 32.3 Å². The van der Waals surface area contributed by atoms with Crippen LogP contribution in [0.4, 0.5) is 22.3 Å². The molecule has 47 heavy (non-hydrogen) atoms. The first-order chi connectivity index (χ1) is 22.6. The number of aromatic nitrogens is 6. The molecule has 15 nitrogen and oxygen atoms in total. The summed E-state index contributed by atoms with van der Waals surface area (Å²) in [4.78, 5) is 52.1. The van der Waals surface area contributed by atoms with Crippen LogP contribution in [-0.4, -0.2) is 55.9 Å². The van der Waals surface area contributed by atoms with Gasteiger partial charge in [-0.05, 0) is 12.1 Å². The zero-order chi connectivity index (χ0) is 33.4. The molecule has 0 fully saturated rings. The van der Waals surface area contributed by atoms with E-state index in [1.807, 2.05) is 17.5 Å². The van der Waals surface area contributed by atoms with Crippen LogP contribution >= 0.6 is 22.7 Å². The smallest absolute Gasteiger partial charge is 0.332 e. The van der Waals surface area contributed by atoms with E-state index in [4.69, 9.17) is 24.9 Å². The maximum atomic E-state index is 13.0. The number of nitrogens with one attached hydrogen (secondary N) is 2. The zero-order valence-electron chi connectivity index (χ0n) is 25.9. The highest BCUT2D eigenvalue weighted by atomic mass is 32.1. The van der Waals surface area contributed by atoms with Crippen molar-refractivity contribution in [1.82, 2.24) is 28.7 Å². The number of benzene rings is 2. The van der Waals surface area contributed by atoms with Gasteiger partial charge in [-0.1, -0.05) is 23.5 Å². The minimum absolute atomic E-state index is 0.164. The van der Waals surface area contributed by atoms with Crippen LogP contribution in [0.1, 0.15) is 0 Å². The van der Waals surface area contributed by atoms with Gasteiger partial charge in [-0.2, -0.15) is 0 Å². The second-order valence-electron chi connectivity index (χ2n) is 10.2. The fraction of sp³-hybridized carbons (Fsp3) is 0.200. The highest BCUT2D eigenvalue weighted by Gasteiger charge is 2.19. The van der Waals surface area contributed by atoms with Crippen molar-refractivity contribution in [3.63, 3.8) is 0 Å². The summed E-state index contributed by atoms with van der Waals surface area (Å²) in [5, 5.41) is 9.25. The van der Waals surface area contributed by atoms with E-state index in [1.165, 1.54) is 59.3 Å². The lowest BCUT2D eigenvalue weighted by Gasteiger charge is -2.14. The lowest BCUT2D eigenvalue weighted by atomic mass is 10.1. The highest BCUT2D eigenvalue weighted by molar-refractivity contribution is 7.23. The zero-order valence-corrected chi connectivity index (χ0v) is 27.5. The molecule has 0 saturated carbocycles. The quantitative estimate of drug-likeness (QED) is 0.193. The highest BCUT2D eigenvalue weighted by Crippen LogP contribution is 2.43. The fourth-order valence-corrected chi connectivity index (χ4v) is 6.79. The molecule has 2 aromatic carbocycles. The number of imidazole rings is 1. The van der Waals surface area contributed by atoms with E-state index in [0.29, 0.717) is 55.2 Å². The Morgan fingerprint density at radius 1 is 0.979 bits per heavy atom. The van der Waals surface area contributed by atoms with Gasteiger partial charge in [-0.3, -0.25) is 18.7 Å². The van der Waals surface area contributed by atoms with Crippen molar-refractivity contribution in [2.45, 2.75) is 6.54 Å². The predicted octanol–water partition coefficient (Wildman–Crippen LogP) is 3.67. The molecule has 17 heteroatoms. The van der Waals surface area contributed by atoms with Crippen molar-refractivity contribution in [1.29, 1.82) is 0 Å². The summed E-state index contributed by atoms with van der Waals surface area (Å²) in [6.45, 7) is -0.174. The molecule has 4 aromatic heterocycles. The number of hydrogen-bond acceptors (Lipinski definition) is 13. The van der Waals surface area contributed by atoms with Crippen molar-refractivity contribution in [3.05, 3.63) is 68.9 Å². The molecule has 0 spiro atoms. The number of nitrogens with zero attached hydrogens (tertiary/aromatic N) is 6. The Morgan fingerprint density at radius 2 is 1.72 bits per heavy atom. The normalized spacial score (nSPS) is 11.1. The third-order valence-corrected chi connectivity index (χ3v) is 9.22. The van der Waals surface area contributed by atoms with Crippen LogP contribution in [0.2, 0.25) is 0 Å². The molecule has 0 aliphatic rings. The number of aryl methyl sites for hydroxylation is 1. The standard InChI is InChI=1S/C30H29N9O6S2/c1-37-26-22(28(41)38(2)30(37)42)39(14-32-26)12-21(40)33-16-8-6-7-15(9-16)18-13-46-27(35-18)24-25(31)36-29(47-24)34-17-10-19(43-3)23(45-5)20(11-17)44-4/h6-11,13-14H,12,31H2,1-5H3,(H,33,40)(H,34,36). The van der Waals surface area contributed by atoms with Gasteiger partial charge in [0.05, 0.1) is 33.4 Å². The second-order valence-corrected chi connectivity index (χ2v) is 12.0. The molecule has 0 unspecified atom stereocenters. The molecule has 4 N–H and O–H groups in total. The molecule has 0 bridgehead atoms. The predicted molar refractivity (Wildman–Crippen MR) is 181 cm³/mol. The number of fused-ring (bicyclic) bond motifs is 1. The van der Waals surface area contributed by atoms with Crippen LogP contribution in [0, 0.1) is 0 Å². The monoisotopic (exact) mass is 675 g/mol. The number of carbonyl (C=O) groups excluding carboxylic acids is 1. The number of amides is 1. The molecule has 0 atom stereocenters. The van der Waals surface area contributed by atoms with Gasteiger partial charge in [-0.15, -0.1) is 11.3 Å². The van der Waals surface area contributed by atoms with E-state index in [1.54, 1.807) is 38.5 Å². The molecule has 0 aliphatic carbocycles. The number of anilines is 4. The maximum Gasteiger partial charge on any atom is 0.332 e. The van der Waals surface area contributed by atoms with Gasteiger partial charge >= 0.3 is 5.69 Å².